The van der Waals surface area contributed by atoms with Crippen LogP contribution in [0.15, 0.2) is 158 Å². The third kappa shape index (κ3) is 7.91. The van der Waals surface area contributed by atoms with E-state index in [4.69, 9.17) is 0 Å². The molecular weight excluding hydrogens is 743 g/mol. The van der Waals surface area contributed by atoms with Gasteiger partial charge in [0.2, 0.25) is 0 Å². The Morgan fingerprint density at radius 3 is 1.64 bits per heavy atom. The molecular formula is C46H38Cl2SiZr-2. The molecule has 0 N–H and O–H groups in total. The first-order valence-corrected chi connectivity index (χ1v) is 22.3. The van der Waals surface area contributed by atoms with E-state index >= 15 is 0 Å². The van der Waals surface area contributed by atoms with Crippen LogP contribution >= 0.6 is 0 Å². The van der Waals surface area contributed by atoms with Crippen molar-refractivity contribution in [2.75, 3.05) is 0 Å². The van der Waals surface area contributed by atoms with Crippen molar-refractivity contribution in [3.8, 4) is 11.1 Å². The fourth-order valence-corrected chi connectivity index (χ4v) is 8.77. The Morgan fingerprint density at radius 2 is 1.02 bits per heavy atom. The smallest absolute Gasteiger partial charge is 0.00995 e. The zero-order valence-electron chi connectivity index (χ0n) is 28.8. The Balaban J connectivity index is 0.000000160. The van der Waals surface area contributed by atoms with Crippen LogP contribution < -0.4 is 30.0 Å². The van der Waals surface area contributed by atoms with Crippen LogP contribution in [0.1, 0.15) is 16.7 Å². The average molecular weight is 781 g/mol. The maximum Gasteiger partial charge on any atom is -0.00995 e. The van der Waals surface area contributed by atoms with Gasteiger partial charge in [0.05, 0.1) is 0 Å². The molecule has 0 fully saturated rings. The summed E-state index contributed by atoms with van der Waals surface area (Å²) in [6.07, 6.45) is 0. The summed E-state index contributed by atoms with van der Waals surface area (Å²) in [5, 5.41) is 14.9. The molecule has 0 atom stereocenters. The van der Waals surface area contributed by atoms with Crippen LogP contribution in [0.4, 0.5) is 0 Å². The van der Waals surface area contributed by atoms with E-state index in [0.717, 1.165) is 0 Å². The van der Waals surface area contributed by atoms with Gasteiger partial charge in [0.25, 0.3) is 0 Å². The Kier molecular flexibility index (Phi) is 12.4. The van der Waals surface area contributed by atoms with Gasteiger partial charge in [-0.25, -0.2) is 0 Å². The molecule has 9 aromatic rings. The van der Waals surface area contributed by atoms with Gasteiger partial charge < -0.3 is 24.8 Å². The molecule has 0 saturated carbocycles. The molecule has 9 aromatic carbocycles. The molecule has 0 aliphatic carbocycles. The van der Waals surface area contributed by atoms with Gasteiger partial charge in [-0.15, -0.1) is 74.3 Å². The maximum absolute atomic E-state index is 2.35. The van der Waals surface area contributed by atoms with E-state index in [9.17, 15) is 0 Å². The summed E-state index contributed by atoms with van der Waals surface area (Å²) < 4.78 is 0. The standard InChI is InChI=1S/C24H17.C15H13.C7H8Si.2ClH.Zr/c1-16-13-17-8-6-12-22(23(17)14-16)24-15-18-7-2-3-9-19(18)20-10-4-5-11-21(20)24;1-10-3-5-14-12(7-10)9-13-8-11(2)4-6-15(13)14;1-8-7-5-3-2-4-6-7;;;/h2-15H,1H3;3-9H,1-2H3;2-6H,1H3;2*1H;/q2*-1;;;;+2/p-2. The monoisotopic (exact) mass is 778 g/mol. The molecule has 0 amide bonds. The van der Waals surface area contributed by atoms with Gasteiger partial charge in [-0.05, 0) is 47.0 Å². The second-order valence-corrected chi connectivity index (χ2v) is 20.2. The predicted molar refractivity (Wildman–Crippen MR) is 209 cm³/mol. The molecule has 0 aliphatic heterocycles. The summed E-state index contributed by atoms with van der Waals surface area (Å²) in [7, 11) is 0. The van der Waals surface area contributed by atoms with Gasteiger partial charge in [0.1, 0.15) is 0 Å². The molecule has 0 aromatic heterocycles. The van der Waals surface area contributed by atoms with E-state index < -0.39 is 0 Å². The van der Waals surface area contributed by atoms with E-state index in [1.165, 1.54) is 81.7 Å². The van der Waals surface area contributed by atoms with E-state index in [1.807, 2.05) is 0 Å². The first kappa shape index (κ1) is 37.5. The summed E-state index contributed by atoms with van der Waals surface area (Å²) in [5.41, 5.74) is 6.50. The van der Waals surface area contributed by atoms with Gasteiger partial charge in [-0.3, -0.25) is 0 Å². The van der Waals surface area contributed by atoms with Crippen molar-refractivity contribution in [3.05, 3.63) is 174 Å². The summed E-state index contributed by atoms with van der Waals surface area (Å²) in [6.45, 7) is 8.80. The summed E-state index contributed by atoms with van der Waals surface area (Å²) >= 11 is 1.69. The van der Waals surface area contributed by atoms with Crippen molar-refractivity contribution in [1.29, 1.82) is 0 Å². The SMILES string of the molecule is C[Si](=[Zr+2])c1ccccc1.Cc1cc2c(-c3cc4ccccc4c4ccccc34)cccc2[cH-]1.Cc1ccc2c(c1)[cH-]c1cc(C)ccc12.[Cl-].[Cl-]. The second-order valence-electron chi connectivity index (χ2n) is 12.8. The Bertz CT molecular complexity index is 2520. The van der Waals surface area contributed by atoms with E-state index in [0.29, 0.717) is 0 Å². The van der Waals surface area contributed by atoms with Gasteiger partial charge in [0.15, 0.2) is 0 Å². The zero-order valence-corrected chi connectivity index (χ0v) is 33.7. The molecule has 0 spiro atoms. The fraction of sp³-hybridized carbons (Fsp3) is 0.0870. The molecule has 9 rings (SSSR count). The number of hydrogen-bond acceptors (Lipinski definition) is 0. The number of fused-ring (bicyclic) bond motifs is 7. The first-order valence-electron chi connectivity index (χ1n) is 16.6. The van der Waals surface area contributed by atoms with Crippen molar-refractivity contribution < 1.29 is 48.1 Å². The normalized spacial score (nSPS) is 10.6. The van der Waals surface area contributed by atoms with Crippen molar-refractivity contribution in [2.24, 2.45) is 0 Å². The summed E-state index contributed by atoms with van der Waals surface area (Å²) in [6, 6.07) is 57.3. The van der Waals surface area contributed by atoms with Gasteiger partial charge >= 0.3 is 70.8 Å². The predicted octanol–water partition coefficient (Wildman–Crippen LogP) is 6.24. The molecule has 246 valence electrons. The van der Waals surface area contributed by atoms with Crippen LogP contribution in [-0.4, -0.2) is 5.43 Å². The number of halogens is 2. The first-order chi connectivity index (χ1) is 23.4. The largest absolute Gasteiger partial charge is 1.00 e. The minimum atomic E-state index is -0.122. The number of hydrogen-bond donors (Lipinski definition) is 0. The molecule has 0 radical (unpaired) electrons. The fourth-order valence-electron chi connectivity index (χ4n) is 6.85. The second kappa shape index (κ2) is 16.5. The molecule has 0 saturated heterocycles. The minimum Gasteiger partial charge on any atom is -1.00 e. The Morgan fingerprint density at radius 1 is 0.440 bits per heavy atom. The van der Waals surface area contributed by atoms with Crippen LogP contribution in [0.25, 0.3) is 65.0 Å². The van der Waals surface area contributed by atoms with Crippen molar-refractivity contribution in [2.45, 2.75) is 27.3 Å². The summed E-state index contributed by atoms with van der Waals surface area (Å²) in [4.78, 5) is 0. The van der Waals surface area contributed by atoms with E-state index in [-0.39, 0.29) is 30.2 Å². The van der Waals surface area contributed by atoms with E-state index in [2.05, 4.69) is 185 Å². The third-order valence-corrected chi connectivity index (χ3v) is 12.5. The van der Waals surface area contributed by atoms with Crippen LogP contribution in [0.3, 0.4) is 0 Å². The third-order valence-electron chi connectivity index (χ3n) is 9.18. The minimum absolute atomic E-state index is 0. The number of benzene rings is 7. The molecule has 0 unspecified atom stereocenters. The van der Waals surface area contributed by atoms with Crippen molar-refractivity contribution in [1.82, 2.24) is 0 Å². The maximum atomic E-state index is 2.35. The van der Waals surface area contributed by atoms with Crippen LogP contribution in [-0.2, 0) is 23.3 Å². The summed E-state index contributed by atoms with van der Waals surface area (Å²) in [5.74, 6) is 0. The molecule has 0 nitrogen and oxygen atoms in total. The quantitative estimate of drug-likeness (QED) is 0.111. The van der Waals surface area contributed by atoms with Crippen LogP contribution in [0.5, 0.6) is 0 Å². The van der Waals surface area contributed by atoms with Gasteiger partial charge in [-0.1, -0.05) is 102 Å². The van der Waals surface area contributed by atoms with Crippen molar-refractivity contribution in [3.63, 3.8) is 0 Å². The molecule has 0 aliphatic rings. The number of aryl methyl sites for hydroxylation is 3. The number of rotatable bonds is 2. The Labute approximate surface area is 323 Å². The van der Waals surface area contributed by atoms with Crippen molar-refractivity contribution >= 4 is 64.5 Å². The van der Waals surface area contributed by atoms with E-state index in [1.54, 1.807) is 28.5 Å². The average Bonchev–Trinajstić information content (AvgIpc) is 3.67. The van der Waals surface area contributed by atoms with Gasteiger partial charge in [0, 0.05) is 0 Å². The molecule has 0 heterocycles. The van der Waals surface area contributed by atoms with Gasteiger partial charge in [-0.2, -0.15) is 6.07 Å². The Hall–Kier alpha value is -3.78. The molecule has 0 bridgehead atoms. The zero-order chi connectivity index (χ0) is 33.2. The van der Waals surface area contributed by atoms with Crippen LogP contribution in [0.2, 0.25) is 6.55 Å². The molecule has 50 heavy (non-hydrogen) atoms. The topological polar surface area (TPSA) is 0 Å². The molecule has 4 heteroatoms. The van der Waals surface area contributed by atoms with Crippen LogP contribution in [0, 0.1) is 20.8 Å².